The van der Waals surface area contributed by atoms with Crippen LogP contribution in [0.5, 0.6) is 0 Å². The maximum atomic E-state index is 8.81. The molecular weight excluding hydrogens is 166 g/mol. The molecule has 0 heterocycles. The van der Waals surface area contributed by atoms with Gasteiger partial charge in [-0.05, 0) is 26.7 Å². The molecule has 13 heavy (non-hydrogen) atoms. The second kappa shape index (κ2) is 7.30. The molecule has 0 aromatic rings. The van der Waals surface area contributed by atoms with Crippen molar-refractivity contribution in [1.82, 2.24) is 5.32 Å². The number of ether oxygens (including phenoxy) is 1. The smallest absolute Gasteiger partial charge is 0.0693 e. The molecule has 2 N–H and O–H groups in total. The van der Waals surface area contributed by atoms with Crippen molar-refractivity contribution in [3.8, 4) is 0 Å². The summed E-state index contributed by atoms with van der Waals surface area (Å²) in [5, 5.41) is 12.2. The SMILES string of the molecule is CCC(CCO)NC(C)C(C)OC. The van der Waals surface area contributed by atoms with E-state index in [1.807, 2.05) is 6.92 Å². The Bertz CT molecular complexity index is 119. The van der Waals surface area contributed by atoms with Crippen molar-refractivity contribution in [2.45, 2.75) is 51.8 Å². The molecule has 0 rings (SSSR count). The van der Waals surface area contributed by atoms with Gasteiger partial charge in [-0.1, -0.05) is 6.92 Å². The van der Waals surface area contributed by atoms with Gasteiger partial charge in [0.1, 0.15) is 0 Å². The number of methoxy groups -OCH3 is 1. The first-order chi connectivity index (χ1) is 6.15. The summed E-state index contributed by atoms with van der Waals surface area (Å²) in [6.45, 7) is 6.52. The lowest BCUT2D eigenvalue weighted by Gasteiger charge is -2.25. The molecule has 3 nitrogen and oxygen atoms in total. The average Bonchev–Trinajstić information content (AvgIpc) is 2.15. The number of hydrogen-bond donors (Lipinski definition) is 2. The number of nitrogens with one attached hydrogen (secondary N) is 1. The van der Waals surface area contributed by atoms with E-state index in [9.17, 15) is 0 Å². The fourth-order valence-electron chi connectivity index (χ4n) is 1.27. The van der Waals surface area contributed by atoms with E-state index in [1.165, 1.54) is 0 Å². The largest absolute Gasteiger partial charge is 0.396 e. The lowest BCUT2D eigenvalue weighted by atomic mass is 10.1. The third-order valence-corrected chi connectivity index (χ3v) is 2.54. The van der Waals surface area contributed by atoms with Crippen LogP contribution in [-0.4, -0.2) is 37.0 Å². The molecule has 0 aliphatic heterocycles. The highest BCUT2D eigenvalue weighted by Crippen LogP contribution is 2.02. The summed E-state index contributed by atoms with van der Waals surface area (Å²) in [7, 11) is 1.72. The average molecular weight is 189 g/mol. The standard InChI is InChI=1S/C10H23NO2/c1-5-10(6-7-12)11-8(2)9(3)13-4/h8-12H,5-7H2,1-4H3. The molecule has 3 atom stereocenters. The van der Waals surface area contributed by atoms with Crippen LogP contribution in [0.4, 0.5) is 0 Å². The third-order valence-electron chi connectivity index (χ3n) is 2.54. The number of rotatable bonds is 7. The maximum Gasteiger partial charge on any atom is 0.0693 e. The van der Waals surface area contributed by atoms with Crippen LogP contribution in [0.25, 0.3) is 0 Å². The first kappa shape index (κ1) is 12.9. The predicted molar refractivity (Wildman–Crippen MR) is 54.9 cm³/mol. The molecule has 80 valence electrons. The molecular formula is C10H23NO2. The summed E-state index contributed by atoms with van der Waals surface area (Å²) in [5.74, 6) is 0. The van der Waals surface area contributed by atoms with Crippen molar-refractivity contribution in [1.29, 1.82) is 0 Å². The molecule has 0 aliphatic rings. The van der Waals surface area contributed by atoms with Gasteiger partial charge in [-0.25, -0.2) is 0 Å². The van der Waals surface area contributed by atoms with Gasteiger partial charge in [0.05, 0.1) is 6.10 Å². The van der Waals surface area contributed by atoms with Crippen LogP contribution in [0.2, 0.25) is 0 Å². The van der Waals surface area contributed by atoms with Crippen LogP contribution >= 0.6 is 0 Å². The fourth-order valence-corrected chi connectivity index (χ4v) is 1.27. The Labute approximate surface area is 81.5 Å². The third kappa shape index (κ3) is 5.24. The topological polar surface area (TPSA) is 41.5 Å². The monoisotopic (exact) mass is 189 g/mol. The summed E-state index contributed by atoms with van der Waals surface area (Å²) in [6.07, 6.45) is 2.08. The van der Waals surface area contributed by atoms with E-state index >= 15 is 0 Å². The van der Waals surface area contributed by atoms with Crippen molar-refractivity contribution in [2.75, 3.05) is 13.7 Å². The van der Waals surface area contributed by atoms with Crippen LogP contribution in [-0.2, 0) is 4.74 Å². The summed E-state index contributed by atoms with van der Waals surface area (Å²) in [4.78, 5) is 0. The second-order valence-corrected chi connectivity index (χ2v) is 3.51. The normalized spacial score (nSPS) is 18.2. The van der Waals surface area contributed by atoms with Gasteiger partial charge in [0, 0.05) is 25.8 Å². The molecule has 0 aromatic carbocycles. The molecule has 0 aliphatic carbocycles. The van der Waals surface area contributed by atoms with E-state index in [2.05, 4.69) is 19.2 Å². The van der Waals surface area contributed by atoms with Gasteiger partial charge in [0.25, 0.3) is 0 Å². The molecule has 0 spiro atoms. The van der Waals surface area contributed by atoms with Crippen molar-refractivity contribution in [2.24, 2.45) is 0 Å². The number of hydrogen-bond acceptors (Lipinski definition) is 3. The molecule has 0 saturated carbocycles. The minimum Gasteiger partial charge on any atom is -0.396 e. The molecule has 3 unspecified atom stereocenters. The zero-order valence-corrected chi connectivity index (χ0v) is 9.21. The summed E-state index contributed by atoms with van der Waals surface area (Å²) < 4.78 is 5.21. The van der Waals surface area contributed by atoms with Gasteiger partial charge in [0.15, 0.2) is 0 Å². The van der Waals surface area contributed by atoms with Crippen molar-refractivity contribution in [3.63, 3.8) is 0 Å². The van der Waals surface area contributed by atoms with Crippen molar-refractivity contribution in [3.05, 3.63) is 0 Å². The number of aliphatic hydroxyl groups is 1. The minimum absolute atomic E-state index is 0.216. The predicted octanol–water partition coefficient (Wildman–Crippen LogP) is 1.16. The van der Waals surface area contributed by atoms with Crippen molar-refractivity contribution < 1.29 is 9.84 Å². The molecule has 0 fully saturated rings. The van der Waals surface area contributed by atoms with E-state index in [4.69, 9.17) is 9.84 Å². The summed E-state index contributed by atoms with van der Waals surface area (Å²) in [5.41, 5.74) is 0. The van der Waals surface area contributed by atoms with Crippen LogP contribution in [0, 0.1) is 0 Å². The minimum atomic E-state index is 0.216. The van der Waals surface area contributed by atoms with Crippen LogP contribution in [0.15, 0.2) is 0 Å². The maximum absolute atomic E-state index is 8.81. The van der Waals surface area contributed by atoms with E-state index < -0.39 is 0 Å². The van der Waals surface area contributed by atoms with Gasteiger partial charge >= 0.3 is 0 Å². The molecule has 0 amide bonds. The van der Waals surface area contributed by atoms with E-state index in [0.29, 0.717) is 12.1 Å². The quantitative estimate of drug-likeness (QED) is 0.631. The lowest BCUT2D eigenvalue weighted by Crippen LogP contribution is -2.43. The molecule has 0 radical (unpaired) electrons. The van der Waals surface area contributed by atoms with Crippen LogP contribution < -0.4 is 5.32 Å². The Morgan fingerprint density at radius 2 is 2.00 bits per heavy atom. The first-order valence-electron chi connectivity index (χ1n) is 5.05. The van der Waals surface area contributed by atoms with E-state index in [-0.39, 0.29) is 12.7 Å². The lowest BCUT2D eigenvalue weighted by molar-refractivity contribution is 0.0823. The Kier molecular flexibility index (Phi) is 7.23. The van der Waals surface area contributed by atoms with Gasteiger partial charge < -0.3 is 15.2 Å². The second-order valence-electron chi connectivity index (χ2n) is 3.51. The zero-order valence-electron chi connectivity index (χ0n) is 9.21. The van der Waals surface area contributed by atoms with Gasteiger partial charge in [-0.15, -0.1) is 0 Å². The van der Waals surface area contributed by atoms with Gasteiger partial charge in [0.2, 0.25) is 0 Å². The van der Waals surface area contributed by atoms with Gasteiger partial charge in [-0.2, -0.15) is 0 Å². The highest BCUT2D eigenvalue weighted by atomic mass is 16.5. The Hall–Kier alpha value is -0.120. The highest BCUT2D eigenvalue weighted by Gasteiger charge is 2.14. The molecule has 3 heteroatoms. The Morgan fingerprint density at radius 3 is 2.38 bits per heavy atom. The molecule has 0 aromatic heterocycles. The van der Waals surface area contributed by atoms with Crippen molar-refractivity contribution >= 4 is 0 Å². The Morgan fingerprint density at radius 1 is 1.38 bits per heavy atom. The number of aliphatic hydroxyl groups excluding tert-OH is 1. The van der Waals surface area contributed by atoms with E-state index in [1.54, 1.807) is 7.11 Å². The van der Waals surface area contributed by atoms with E-state index in [0.717, 1.165) is 12.8 Å². The molecule has 0 saturated heterocycles. The van der Waals surface area contributed by atoms with Crippen LogP contribution in [0.3, 0.4) is 0 Å². The zero-order chi connectivity index (χ0) is 10.3. The highest BCUT2D eigenvalue weighted by molar-refractivity contribution is 4.74. The first-order valence-corrected chi connectivity index (χ1v) is 5.05. The van der Waals surface area contributed by atoms with Crippen LogP contribution in [0.1, 0.15) is 33.6 Å². The summed E-state index contributed by atoms with van der Waals surface area (Å²) >= 11 is 0. The fraction of sp³-hybridized carbons (Fsp3) is 1.00. The van der Waals surface area contributed by atoms with Gasteiger partial charge in [-0.3, -0.25) is 0 Å². The Balaban J connectivity index is 3.78. The molecule has 0 bridgehead atoms. The summed E-state index contributed by atoms with van der Waals surface area (Å²) in [6, 6.07) is 0.735.